The number of rotatable bonds is 8. The predicted molar refractivity (Wildman–Crippen MR) is 66.8 cm³/mol. The highest BCUT2D eigenvalue weighted by atomic mass is 16.5. The Balaban J connectivity index is 2.48. The zero-order chi connectivity index (χ0) is 11.8. The van der Waals surface area contributed by atoms with E-state index in [-0.39, 0.29) is 0 Å². The second kappa shape index (κ2) is 7.28. The van der Waals surface area contributed by atoms with E-state index in [2.05, 4.69) is 28.7 Å². The molecule has 0 aromatic carbocycles. The van der Waals surface area contributed by atoms with Crippen molar-refractivity contribution < 1.29 is 4.74 Å². The van der Waals surface area contributed by atoms with E-state index in [1.165, 1.54) is 12.8 Å². The molecular weight excluding hydrogens is 202 g/mol. The number of aromatic nitrogens is 2. The average molecular weight is 225 g/mol. The predicted octanol–water partition coefficient (Wildman–Crippen LogP) is 2.69. The van der Waals surface area contributed by atoms with Crippen LogP contribution in [0.1, 0.15) is 39.2 Å². The van der Waals surface area contributed by atoms with E-state index < -0.39 is 0 Å². The van der Waals surface area contributed by atoms with Crippen LogP contribution >= 0.6 is 0 Å². The van der Waals surface area contributed by atoms with Gasteiger partial charge >= 0.3 is 0 Å². The molecule has 4 heteroatoms. The highest BCUT2D eigenvalue weighted by Crippen LogP contribution is 2.16. The van der Waals surface area contributed by atoms with Crippen LogP contribution in [0.3, 0.4) is 0 Å². The van der Waals surface area contributed by atoms with E-state index in [1.807, 2.05) is 12.4 Å². The smallest absolute Gasteiger partial charge is 0.203 e. The van der Waals surface area contributed by atoms with Crippen molar-refractivity contribution in [1.82, 2.24) is 9.55 Å². The zero-order valence-electron chi connectivity index (χ0n) is 10.6. The van der Waals surface area contributed by atoms with Gasteiger partial charge in [-0.25, -0.2) is 4.98 Å². The third kappa shape index (κ3) is 3.85. The van der Waals surface area contributed by atoms with Crippen LogP contribution in [-0.2, 0) is 4.74 Å². The summed E-state index contributed by atoms with van der Waals surface area (Å²) in [6.07, 6.45) is 7.26. The molecule has 0 radical (unpaired) electrons. The van der Waals surface area contributed by atoms with Gasteiger partial charge in [-0.15, -0.1) is 0 Å². The Morgan fingerprint density at radius 1 is 1.56 bits per heavy atom. The molecule has 92 valence electrons. The molecule has 16 heavy (non-hydrogen) atoms. The van der Waals surface area contributed by atoms with Gasteiger partial charge in [0, 0.05) is 38.7 Å². The molecule has 0 aliphatic heterocycles. The Kier molecular flexibility index (Phi) is 5.93. The first-order chi connectivity index (χ1) is 7.79. The normalized spacial score (nSPS) is 12.7. The molecule has 1 unspecified atom stereocenters. The first kappa shape index (κ1) is 13.0. The van der Waals surface area contributed by atoms with Gasteiger partial charge in [0.05, 0.1) is 0 Å². The van der Waals surface area contributed by atoms with Crippen LogP contribution in [0.2, 0.25) is 0 Å². The third-order valence-electron chi connectivity index (χ3n) is 2.70. The SMILES string of the molecule is CCCCNc1nccn1C(C)CCOC. The van der Waals surface area contributed by atoms with Crippen molar-refractivity contribution in [2.75, 3.05) is 25.6 Å². The maximum Gasteiger partial charge on any atom is 0.203 e. The zero-order valence-corrected chi connectivity index (χ0v) is 10.6. The largest absolute Gasteiger partial charge is 0.385 e. The standard InChI is InChI=1S/C12H23N3O/c1-4-5-7-13-12-14-8-9-15(12)11(2)6-10-16-3/h8-9,11H,4-7,10H2,1-3H3,(H,13,14). The van der Waals surface area contributed by atoms with Gasteiger partial charge in [0.25, 0.3) is 0 Å². The second-order valence-corrected chi connectivity index (χ2v) is 4.07. The number of methoxy groups -OCH3 is 1. The molecule has 0 fully saturated rings. The summed E-state index contributed by atoms with van der Waals surface area (Å²) in [4.78, 5) is 4.33. The lowest BCUT2D eigenvalue weighted by molar-refractivity contribution is 0.181. The molecule has 1 rings (SSSR count). The van der Waals surface area contributed by atoms with E-state index >= 15 is 0 Å². The van der Waals surface area contributed by atoms with E-state index in [9.17, 15) is 0 Å². The monoisotopic (exact) mass is 225 g/mol. The minimum Gasteiger partial charge on any atom is -0.385 e. The van der Waals surface area contributed by atoms with Crippen molar-refractivity contribution in [3.05, 3.63) is 12.4 Å². The highest BCUT2D eigenvalue weighted by molar-refractivity contribution is 5.26. The quantitative estimate of drug-likeness (QED) is 0.691. The summed E-state index contributed by atoms with van der Waals surface area (Å²) in [7, 11) is 1.74. The number of nitrogens with zero attached hydrogens (tertiary/aromatic N) is 2. The van der Waals surface area contributed by atoms with E-state index in [4.69, 9.17) is 4.74 Å². The summed E-state index contributed by atoms with van der Waals surface area (Å²) in [6.45, 7) is 6.15. The van der Waals surface area contributed by atoms with Gasteiger partial charge in [-0.1, -0.05) is 13.3 Å². The topological polar surface area (TPSA) is 39.1 Å². The lowest BCUT2D eigenvalue weighted by Crippen LogP contribution is -2.13. The molecule has 0 saturated carbocycles. The Morgan fingerprint density at radius 3 is 3.06 bits per heavy atom. The fourth-order valence-electron chi connectivity index (χ4n) is 1.61. The molecule has 0 bridgehead atoms. The molecule has 1 aromatic heterocycles. The van der Waals surface area contributed by atoms with Crippen LogP contribution in [0.5, 0.6) is 0 Å². The fourth-order valence-corrected chi connectivity index (χ4v) is 1.61. The lowest BCUT2D eigenvalue weighted by Gasteiger charge is -2.16. The van der Waals surface area contributed by atoms with Crippen LogP contribution in [0.25, 0.3) is 0 Å². The van der Waals surface area contributed by atoms with Crippen molar-refractivity contribution in [3.63, 3.8) is 0 Å². The van der Waals surface area contributed by atoms with E-state index in [0.717, 1.165) is 25.5 Å². The molecule has 1 N–H and O–H groups in total. The number of hydrogen-bond donors (Lipinski definition) is 1. The minimum atomic E-state index is 0.423. The summed E-state index contributed by atoms with van der Waals surface area (Å²) >= 11 is 0. The van der Waals surface area contributed by atoms with Gasteiger partial charge in [0.1, 0.15) is 0 Å². The third-order valence-corrected chi connectivity index (χ3v) is 2.70. The summed E-state index contributed by atoms with van der Waals surface area (Å²) in [6, 6.07) is 0.423. The molecule has 0 aliphatic carbocycles. The number of ether oxygens (including phenoxy) is 1. The number of hydrogen-bond acceptors (Lipinski definition) is 3. The van der Waals surface area contributed by atoms with Gasteiger partial charge in [-0.3, -0.25) is 0 Å². The van der Waals surface area contributed by atoms with Gasteiger partial charge in [0.2, 0.25) is 5.95 Å². The van der Waals surface area contributed by atoms with Crippen LogP contribution in [-0.4, -0.2) is 29.8 Å². The first-order valence-corrected chi connectivity index (χ1v) is 6.05. The number of imidazole rings is 1. The molecule has 0 aliphatic rings. The molecule has 0 saturated heterocycles. The maximum absolute atomic E-state index is 5.09. The fraction of sp³-hybridized carbons (Fsp3) is 0.750. The summed E-state index contributed by atoms with van der Waals surface area (Å²) in [5.74, 6) is 0.969. The van der Waals surface area contributed by atoms with Gasteiger partial charge in [-0.05, 0) is 19.8 Å². The second-order valence-electron chi connectivity index (χ2n) is 4.07. The van der Waals surface area contributed by atoms with Crippen molar-refractivity contribution >= 4 is 5.95 Å². The first-order valence-electron chi connectivity index (χ1n) is 6.05. The Bertz CT molecular complexity index is 286. The molecule has 1 atom stereocenters. The summed E-state index contributed by atoms with van der Waals surface area (Å²) < 4.78 is 7.27. The Morgan fingerprint density at radius 2 is 2.38 bits per heavy atom. The van der Waals surface area contributed by atoms with Crippen molar-refractivity contribution in [2.24, 2.45) is 0 Å². The van der Waals surface area contributed by atoms with Crippen molar-refractivity contribution in [2.45, 2.75) is 39.2 Å². The van der Waals surface area contributed by atoms with Crippen LogP contribution in [0.4, 0.5) is 5.95 Å². The van der Waals surface area contributed by atoms with E-state index in [1.54, 1.807) is 7.11 Å². The average Bonchev–Trinajstić information content (AvgIpc) is 2.74. The van der Waals surface area contributed by atoms with E-state index in [0.29, 0.717) is 6.04 Å². The lowest BCUT2D eigenvalue weighted by atomic mass is 10.2. The molecule has 0 spiro atoms. The minimum absolute atomic E-state index is 0.423. The maximum atomic E-state index is 5.09. The Hall–Kier alpha value is -1.03. The molecule has 1 aromatic rings. The Labute approximate surface area is 98.0 Å². The molecule has 4 nitrogen and oxygen atoms in total. The van der Waals surface area contributed by atoms with Crippen LogP contribution in [0.15, 0.2) is 12.4 Å². The van der Waals surface area contributed by atoms with Crippen LogP contribution < -0.4 is 5.32 Å². The summed E-state index contributed by atoms with van der Waals surface area (Å²) in [5, 5.41) is 3.36. The molecule has 0 amide bonds. The van der Waals surface area contributed by atoms with Crippen molar-refractivity contribution in [1.29, 1.82) is 0 Å². The van der Waals surface area contributed by atoms with Gasteiger partial charge in [0.15, 0.2) is 0 Å². The number of nitrogens with one attached hydrogen (secondary N) is 1. The number of unbranched alkanes of at least 4 members (excludes halogenated alkanes) is 1. The highest BCUT2D eigenvalue weighted by Gasteiger charge is 2.08. The summed E-state index contributed by atoms with van der Waals surface area (Å²) in [5.41, 5.74) is 0. The van der Waals surface area contributed by atoms with Crippen molar-refractivity contribution in [3.8, 4) is 0 Å². The molecular formula is C12H23N3O. The molecule has 1 heterocycles. The van der Waals surface area contributed by atoms with Gasteiger partial charge < -0.3 is 14.6 Å². The number of anilines is 1. The van der Waals surface area contributed by atoms with Gasteiger partial charge in [-0.2, -0.15) is 0 Å². The van der Waals surface area contributed by atoms with Crippen LogP contribution in [0, 0.1) is 0 Å².